The predicted octanol–water partition coefficient (Wildman–Crippen LogP) is 4.45. The Balaban J connectivity index is 2.34. The smallest absolute Gasteiger partial charge is 0.134 e. The van der Waals surface area contributed by atoms with Gasteiger partial charge in [-0.15, -0.1) is 0 Å². The van der Waals surface area contributed by atoms with Crippen LogP contribution in [0.1, 0.15) is 18.1 Å². The molecule has 0 aliphatic rings. The van der Waals surface area contributed by atoms with Crippen LogP contribution in [-0.2, 0) is 11.2 Å². The quantitative estimate of drug-likeness (QED) is 0.795. The van der Waals surface area contributed by atoms with Gasteiger partial charge < -0.3 is 0 Å². The molecule has 92 valence electrons. The summed E-state index contributed by atoms with van der Waals surface area (Å²) in [6.45, 7) is 3.62. The standard InChI is InChI=1S/C16H15ClO/c1-11(18)10-13-6-8-14(9-7-13)15-4-3-5-16(17)12(15)2/h3-9H,10H2,1-2H3. The lowest BCUT2D eigenvalue weighted by atomic mass is 9.98. The minimum absolute atomic E-state index is 0.182. The molecule has 1 nitrogen and oxygen atoms in total. The second-order valence-corrected chi connectivity index (χ2v) is 4.90. The molecule has 18 heavy (non-hydrogen) atoms. The monoisotopic (exact) mass is 258 g/mol. The summed E-state index contributed by atoms with van der Waals surface area (Å²) in [5, 5.41) is 0.778. The first-order chi connectivity index (χ1) is 8.58. The fraction of sp³-hybridized carbons (Fsp3) is 0.188. The van der Waals surface area contributed by atoms with Crippen molar-refractivity contribution in [2.24, 2.45) is 0 Å². The molecule has 2 aromatic carbocycles. The lowest BCUT2D eigenvalue weighted by molar-refractivity contribution is -0.116. The van der Waals surface area contributed by atoms with Gasteiger partial charge in [-0.3, -0.25) is 4.79 Å². The molecule has 2 rings (SSSR count). The maximum Gasteiger partial charge on any atom is 0.134 e. The van der Waals surface area contributed by atoms with Crippen LogP contribution in [-0.4, -0.2) is 5.78 Å². The molecular formula is C16H15ClO. The summed E-state index contributed by atoms with van der Waals surface area (Å²) in [6, 6.07) is 14.0. The van der Waals surface area contributed by atoms with Gasteiger partial charge in [0.1, 0.15) is 5.78 Å². The third-order valence-corrected chi connectivity index (χ3v) is 3.40. The second-order valence-electron chi connectivity index (χ2n) is 4.49. The van der Waals surface area contributed by atoms with Gasteiger partial charge in [0.15, 0.2) is 0 Å². The molecule has 0 fully saturated rings. The van der Waals surface area contributed by atoms with E-state index in [1.54, 1.807) is 6.92 Å². The van der Waals surface area contributed by atoms with Gasteiger partial charge in [0.25, 0.3) is 0 Å². The topological polar surface area (TPSA) is 17.1 Å². The van der Waals surface area contributed by atoms with Gasteiger partial charge in [0.05, 0.1) is 0 Å². The zero-order valence-corrected chi connectivity index (χ0v) is 11.3. The van der Waals surface area contributed by atoms with Crippen molar-refractivity contribution < 1.29 is 4.79 Å². The number of halogens is 1. The van der Waals surface area contributed by atoms with Crippen LogP contribution < -0.4 is 0 Å². The number of benzene rings is 2. The molecule has 0 aromatic heterocycles. The van der Waals surface area contributed by atoms with Gasteiger partial charge in [-0.1, -0.05) is 48.0 Å². The van der Waals surface area contributed by atoms with Crippen molar-refractivity contribution in [2.75, 3.05) is 0 Å². The molecule has 0 aliphatic carbocycles. The molecule has 0 N–H and O–H groups in total. The van der Waals surface area contributed by atoms with Gasteiger partial charge in [-0.2, -0.15) is 0 Å². The van der Waals surface area contributed by atoms with Gasteiger partial charge in [-0.25, -0.2) is 0 Å². The van der Waals surface area contributed by atoms with E-state index in [0.717, 1.165) is 27.3 Å². The maximum atomic E-state index is 11.0. The first-order valence-corrected chi connectivity index (χ1v) is 6.29. The van der Waals surface area contributed by atoms with Crippen molar-refractivity contribution in [2.45, 2.75) is 20.3 Å². The summed E-state index contributed by atoms with van der Waals surface area (Å²) in [6.07, 6.45) is 0.495. The predicted molar refractivity (Wildman–Crippen MR) is 76.0 cm³/mol. The number of rotatable bonds is 3. The Morgan fingerprint density at radius 1 is 1.11 bits per heavy atom. The molecule has 0 saturated carbocycles. The minimum atomic E-state index is 0.182. The minimum Gasteiger partial charge on any atom is -0.300 e. The number of carbonyl (C=O) groups excluding carboxylic acids is 1. The fourth-order valence-electron chi connectivity index (χ4n) is 2.01. The number of Topliss-reactive ketones (excluding diaryl/α,β-unsaturated/α-hetero) is 1. The largest absolute Gasteiger partial charge is 0.300 e. The average molecular weight is 259 g/mol. The fourth-order valence-corrected chi connectivity index (χ4v) is 2.18. The van der Waals surface area contributed by atoms with Crippen LogP contribution in [0.15, 0.2) is 42.5 Å². The van der Waals surface area contributed by atoms with E-state index in [1.807, 2.05) is 43.3 Å². The molecule has 0 amide bonds. The summed E-state index contributed by atoms with van der Waals surface area (Å²) in [5.74, 6) is 0.182. The molecule has 0 spiro atoms. The molecule has 0 bridgehead atoms. The van der Waals surface area contributed by atoms with E-state index < -0.39 is 0 Å². The zero-order chi connectivity index (χ0) is 13.1. The Labute approximate surface area is 112 Å². The van der Waals surface area contributed by atoms with Gasteiger partial charge in [0.2, 0.25) is 0 Å². The highest BCUT2D eigenvalue weighted by molar-refractivity contribution is 6.31. The third-order valence-electron chi connectivity index (χ3n) is 2.99. The third kappa shape index (κ3) is 2.80. The van der Waals surface area contributed by atoms with Crippen LogP contribution in [0.4, 0.5) is 0 Å². The van der Waals surface area contributed by atoms with Gasteiger partial charge in [-0.05, 0) is 42.2 Å². The highest BCUT2D eigenvalue weighted by atomic mass is 35.5. The normalized spacial score (nSPS) is 10.4. The molecule has 0 saturated heterocycles. The Kier molecular flexibility index (Phi) is 3.83. The second kappa shape index (κ2) is 5.36. The van der Waals surface area contributed by atoms with E-state index in [4.69, 9.17) is 11.6 Å². The highest BCUT2D eigenvalue weighted by Gasteiger charge is 2.05. The molecule has 2 heteroatoms. The highest BCUT2D eigenvalue weighted by Crippen LogP contribution is 2.28. The van der Waals surface area contributed by atoms with Crippen LogP contribution in [0.5, 0.6) is 0 Å². The van der Waals surface area contributed by atoms with Crippen LogP contribution in [0, 0.1) is 6.92 Å². The average Bonchev–Trinajstić information content (AvgIpc) is 2.33. The molecule has 0 atom stereocenters. The van der Waals surface area contributed by atoms with Gasteiger partial charge in [0, 0.05) is 11.4 Å². The Hall–Kier alpha value is -1.60. The molecule has 0 aliphatic heterocycles. The van der Waals surface area contributed by atoms with Gasteiger partial charge >= 0.3 is 0 Å². The zero-order valence-electron chi connectivity index (χ0n) is 10.5. The number of carbonyl (C=O) groups is 1. The van der Waals surface area contributed by atoms with Crippen LogP contribution in [0.3, 0.4) is 0 Å². The SMILES string of the molecule is CC(=O)Cc1ccc(-c2cccc(Cl)c2C)cc1. The Bertz CT molecular complexity index is 570. The van der Waals surface area contributed by atoms with E-state index in [1.165, 1.54) is 0 Å². The number of hydrogen-bond acceptors (Lipinski definition) is 1. The summed E-state index contributed by atoms with van der Waals surface area (Å²) in [5.41, 5.74) is 4.39. The van der Waals surface area contributed by atoms with Crippen molar-refractivity contribution >= 4 is 17.4 Å². The summed E-state index contributed by atoms with van der Waals surface area (Å²) >= 11 is 6.12. The molecular weight excluding hydrogens is 244 g/mol. The van der Waals surface area contributed by atoms with Crippen molar-refractivity contribution in [3.8, 4) is 11.1 Å². The van der Waals surface area contributed by atoms with Crippen molar-refractivity contribution in [3.63, 3.8) is 0 Å². The lowest BCUT2D eigenvalue weighted by Crippen LogP contribution is -1.95. The molecule has 2 aromatic rings. The Morgan fingerprint density at radius 3 is 2.39 bits per heavy atom. The molecule has 0 radical (unpaired) electrons. The number of hydrogen-bond donors (Lipinski definition) is 0. The molecule has 0 unspecified atom stereocenters. The van der Waals surface area contributed by atoms with Crippen LogP contribution in [0.25, 0.3) is 11.1 Å². The van der Waals surface area contributed by atoms with Crippen molar-refractivity contribution in [1.29, 1.82) is 0 Å². The maximum absolute atomic E-state index is 11.0. The molecule has 0 heterocycles. The van der Waals surface area contributed by atoms with Crippen LogP contribution >= 0.6 is 11.6 Å². The first kappa shape index (κ1) is 12.8. The lowest BCUT2D eigenvalue weighted by Gasteiger charge is -2.08. The van der Waals surface area contributed by atoms with Crippen molar-refractivity contribution in [1.82, 2.24) is 0 Å². The van der Waals surface area contributed by atoms with Crippen molar-refractivity contribution in [3.05, 3.63) is 58.6 Å². The number of ketones is 1. The van der Waals surface area contributed by atoms with E-state index in [9.17, 15) is 4.79 Å². The Morgan fingerprint density at radius 2 is 1.78 bits per heavy atom. The first-order valence-electron chi connectivity index (χ1n) is 5.92. The van der Waals surface area contributed by atoms with E-state index in [-0.39, 0.29) is 5.78 Å². The van der Waals surface area contributed by atoms with E-state index in [0.29, 0.717) is 6.42 Å². The van der Waals surface area contributed by atoms with Crippen LogP contribution in [0.2, 0.25) is 5.02 Å². The summed E-state index contributed by atoms with van der Waals surface area (Å²) < 4.78 is 0. The van der Waals surface area contributed by atoms with E-state index in [2.05, 4.69) is 6.07 Å². The van der Waals surface area contributed by atoms with E-state index >= 15 is 0 Å². The summed E-state index contributed by atoms with van der Waals surface area (Å²) in [7, 11) is 0. The summed E-state index contributed by atoms with van der Waals surface area (Å²) in [4.78, 5) is 11.0.